The molecule has 188 valence electrons. The lowest BCUT2D eigenvalue weighted by Gasteiger charge is -2.43. The Morgan fingerprint density at radius 2 is 1.94 bits per heavy atom. The van der Waals surface area contributed by atoms with Gasteiger partial charge in [0.15, 0.2) is 0 Å². The first-order valence-electron chi connectivity index (χ1n) is 12.6. The molecule has 2 heterocycles. The van der Waals surface area contributed by atoms with Crippen molar-refractivity contribution < 1.29 is 14.3 Å². The SMILES string of the molecule is C[C@@H]1C[C@@H](O)c2ncnc(N3CCN(C(NC4CCCC4)C(C=O)c4ccc(Cl)c(F)c4)CC3)c21. The molecule has 0 bridgehead atoms. The van der Waals surface area contributed by atoms with E-state index < -0.39 is 17.8 Å². The Bertz CT molecular complexity index is 1060. The number of piperazine rings is 1. The van der Waals surface area contributed by atoms with Crippen molar-refractivity contribution in [2.75, 3.05) is 31.1 Å². The summed E-state index contributed by atoms with van der Waals surface area (Å²) in [6.07, 6.45) is 6.93. The highest BCUT2D eigenvalue weighted by molar-refractivity contribution is 6.30. The van der Waals surface area contributed by atoms with Crippen LogP contribution >= 0.6 is 11.6 Å². The maximum Gasteiger partial charge on any atom is 0.142 e. The highest BCUT2D eigenvalue weighted by Crippen LogP contribution is 2.43. The second-order valence-corrected chi connectivity index (χ2v) is 10.5. The number of hydrogen-bond donors (Lipinski definition) is 2. The highest BCUT2D eigenvalue weighted by atomic mass is 35.5. The van der Waals surface area contributed by atoms with E-state index in [0.717, 1.165) is 62.4 Å². The smallest absolute Gasteiger partial charge is 0.142 e. The first kappa shape index (κ1) is 24.6. The summed E-state index contributed by atoms with van der Waals surface area (Å²) < 4.78 is 14.3. The number of rotatable bonds is 7. The summed E-state index contributed by atoms with van der Waals surface area (Å²) >= 11 is 5.91. The van der Waals surface area contributed by atoms with Crippen molar-refractivity contribution in [3.05, 3.63) is 52.2 Å². The van der Waals surface area contributed by atoms with Gasteiger partial charge < -0.3 is 14.8 Å². The van der Waals surface area contributed by atoms with Crippen LogP contribution in [-0.2, 0) is 4.79 Å². The van der Waals surface area contributed by atoms with Crippen molar-refractivity contribution in [3.8, 4) is 0 Å². The Morgan fingerprint density at radius 1 is 1.20 bits per heavy atom. The number of hydrogen-bond acceptors (Lipinski definition) is 7. The molecule has 1 saturated carbocycles. The molecule has 0 amide bonds. The summed E-state index contributed by atoms with van der Waals surface area (Å²) in [7, 11) is 0. The largest absolute Gasteiger partial charge is 0.387 e. The zero-order valence-corrected chi connectivity index (χ0v) is 20.8. The van der Waals surface area contributed by atoms with E-state index in [1.54, 1.807) is 12.4 Å². The summed E-state index contributed by atoms with van der Waals surface area (Å²) in [5, 5.41) is 14.2. The van der Waals surface area contributed by atoms with Crippen molar-refractivity contribution in [2.24, 2.45) is 0 Å². The Labute approximate surface area is 210 Å². The highest BCUT2D eigenvalue weighted by Gasteiger charge is 2.36. The van der Waals surface area contributed by atoms with Gasteiger partial charge in [-0.05, 0) is 42.9 Å². The average Bonchev–Trinajstić information content (AvgIpc) is 3.49. The number of aldehydes is 1. The van der Waals surface area contributed by atoms with Crippen LogP contribution in [0.2, 0.25) is 5.02 Å². The van der Waals surface area contributed by atoms with Crippen LogP contribution in [-0.4, -0.2) is 64.6 Å². The van der Waals surface area contributed by atoms with Gasteiger partial charge in [-0.3, -0.25) is 10.2 Å². The Balaban J connectivity index is 1.36. The molecule has 7 nitrogen and oxygen atoms in total. The van der Waals surface area contributed by atoms with Crippen molar-refractivity contribution in [1.82, 2.24) is 20.2 Å². The van der Waals surface area contributed by atoms with E-state index in [4.69, 9.17) is 11.6 Å². The van der Waals surface area contributed by atoms with Crippen molar-refractivity contribution in [1.29, 1.82) is 0 Å². The van der Waals surface area contributed by atoms with Crippen LogP contribution in [0.1, 0.15) is 73.8 Å². The minimum absolute atomic E-state index is 0.0593. The van der Waals surface area contributed by atoms with Crippen molar-refractivity contribution >= 4 is 23.7 Å². The molecule has 35 heavy (non-hydrogen) atoms. The summed E-state index contributed by atoms with van der Waals surface area (Å²) in [5.74, 6) is 0.109. The molecule has 3 aliphatic rings. The maximum absolute atomic E-state index is 14.3. The van der Waals surface area contributed by atoms with E-state index in [9.17, 15) is 14.3 Å². The van der Waals surface area contributed by atoms with E-state index in [2.05, 4.69) is 32.0 Å². The molecular formula is C26H33ClFN5O2. The minimum atomic E-state index is -0.531. The molecule has 1 aromatic heterocycles. The minimum Gasteiger partial charge on any atom is -0.387 e. The molecule has 2 fully saturated rings. The number of aliphatic hydroxyl groups is 1. The molecule has 5 rings (SSSR count). The lowest BCUT2D eigenvalue weighted by atomic mass is 9.95. The van der Waals surface area contributed by atoms with Gasteiger partial charge in [-0.1, -0.05) is 37.4 Å². The summed E-state index contributed by atoms with van der Waals surface area (Å²) in [5.41, 5.74) is 2.43. The lowest BCUT2D eigenvalue weighted by molar-refractivity contribution is -0.111. The fraction of sp³-hybridized carbons (Fsp3) is 0.577. The lowest BCUT2D eigenvalue weighted by Crippen LogP contribution is -2.59. The van der Waals surface area contributed by atoms with Gasteiger partial charge in [0.25, 0.3) is 0 Å². The van der Waals surface area contributed by atoms with Gasteiger partial charge >= 0.3 is 0 Å². The third kappa shape index (κ3) is 4.94. The van der Waals surface area contributed by atoms with Gasteiger partial charge in [-0.15, -0.1) is 0 Å². The van der Waals surface area contributed by atoms with E-state index in [0.29, 0.717) is 18.0 Å². The monoisotopic (exact) mass is 501 g/mol. The summed E-state index contributed by atoms with van der Waals surface area (Å²) in [6, 6.07) is 5.02. The second-order valence-electron chi connectivity index (χ2n) is 10.1. The molecule has 0 radical (unpaired) electrons. The molecule has 1 aromatic carbocycles. The number of nitrogens with zero attached hydrogens (tertiary/aromatic N) is 4. The predicted molar refractivity (Wildman–Crippen MR) is 133 cm³/mol. The number of halogens is 2. The number of carbonyl (C=O) groups excluding carboxylic acids is 1. The Kier molecular flexibility index (Phi) is 7.34. The molecule has 2 aliphatic carbocycles. The topological polar surface area (TPSA) is 81.6 Å². The Morgan fingerprint density at radius 3 is 2.63 bits per heavy atom. The summed E-state index contributed by atoms with van der Waals surface area (Å²) in [4.78, 5) is 25.9. The molecule has 2 unspecified atom stereocenters. The van der Waals surface area contributed by atoms with E-state index in [1.165, 1.54) is 25.0 Å². The van der Waals surface area contributed by atoms with Gasteiger partial charge in [0.05, 0.1) is 28.9 Å². The van der Waals surface area contributed by atoms with E-state index >= 15 is 0 Å². The molecular weight excluding hydrogens is 469 g/mol. The Hall–Kier alpha value is -2.13. The number of benzene rings is 1. The number of aromatic nitrogens is 2. The molecule has 2 N–H and O–H groups in total. The molecule has 4 atom stereocenters. The van der Waals surface area contributed by atoms with Gasteiger partial charge in [-0.2, -0.15) is 0 Å². The van der Waals surface area contributed by atoms with Gasteiger partial charge in [0, 0.05) is 37.8 Å². The van der Waals surface area contributed by atoms with Crippen molar-refractivity contribution in [2.45, 2.75) is 69.2 Å². The number of aliphatic hydroxyl groups excluding tert-OH is 1. The quantitative estimate of drug-likeness (QED) is 0.559. The van der Waals surface area contributed by atoms with Crippen molar-refractivity contribution in [3.63, 3.8) is 0 Å². The van der Waals surface area contributed by atoms with Crippen LogP contribution in [0.15, 0.2) is 24.5 Å². The van der Waals surface area contributed by atoms with Crippen LogP contribution in [0.3, 0.4) is 0 Å². The third-order valence-corrected chi connectivity index (χ3v) is 8.17. The molecule has 1 aliphatic heterocycles. The van der Waals surface area contributed by atoms with Gasteiger partial charge in [0.1, 0.15) is 24.2 Å². The second kappa shape index (κ2) is 10.5. The molecule has 2 aromatic rings. The van der Waals surface area contributed by atoms with Crippen LogP contribution in [0, 0.1) is 5.82 Å². The maximum atomic E-state index is 14.3. The van der Waals surface area contributed by atoms with E-state index in [-0.39, 0.29) is 17.1 Å². The third-order valence-electron chi connectivity index (χ3n) is 7.86. The number of anilines is 1. The van der Waals surface area contributed by atoms with E-state index in [1.807, 2.05) is 0 Å². The first-order valence-corrected chi connectivity index (χ1v) is 13.0. The van der Waals surface area contributed by atoms with Gasteiger partial charge in [0.2, 0.25) is 0 Å². The number of carbonyl (C=O) groups is 1. The average molecular weight is 502 g/mol. The van der Waals surface area contributed by atoms with Crippen LogP contribution < -0.4 is 10.2 Å². The molecule has 9 heteroatoms. The fourth-order valence-electron chi connectivity index (χ4n) is 5.99. The first-order chi connectivity index (χ1) is 17.0. The van der Waals surface area contributed by atoms with Crippen LogP contribution in [0.5, 0.6) is 0 Å². The fourth-order valence-corrected chi connectivity index (χ4v) is 6.11. The van der Waals surface area contributed by atoms with Gasteiger partial charge in [-0.25, -0.2) is 14.4 Å². The predicted octanol–water partition coefficient (Wildman–Crippen LogP) is 3.77. The standard InChI is InChI=1S/C26H33ClFN5O2/c1-16-12-22(35)24-23(16)26(30-15-29-24)33-10-8-32(9-11-33)25(31-18-4-2-3-5-18)19(14-34)17-6-7-20(27)21(28)13-17/h6-7,13-16,18-19,22,25,31,35H,2-5,8-12H2,1H3/t16-,19?,22-,25?/m1/s1. The van der Waals surface area contributed by atoms with Crippen LogP contribution in [0.25, 0.3) is 0 Å². The number of nitrogens with one attached hydrogen (secondary N) is 1. The number of fused-ring (bicyclic) bond motifs is 1. The molecule has 0 spiro atoms. The van der Waals surface area contributed by atoms with Crippen LogP contribution in [0.4, 0.5) is 10.2 Å². The summed E-state index contributed by atoms with van der Waals surface area (Å²) in [6.45, 7) is 5.08. The molecule has 1 saturated heterocycles. The zero-order valence-electron chi connectivity index (χ0n) is 20.0. The normalized spacial score (nSPS) is 25.0. The zero-order chi connectivity index (χ0) is 24.5.